The summed E-state index contributed by atoms with van der Waals surface area (Å²) in [5, 5.41) is 0. The van der Waals surface area contributed by atoms with Gasteiger partial charge in [-0.3, -0.25) is 9.69 Å². The first-order valence-corrected chi connectivity index (χ1v) is 9.80. The van der Waals surface area contributed by atoms with E-state index in [1.165, 1.54) is 0 Å². The Bertz CT molecular complexity index is 1300. The Labute approximate surface area is 200 Å². The number of ether oxygens (including phenoxy) is 3. The van der Waals surface area contributed by atoms with E-state index in [0.717, 1.165) is 7.11 Å². The summed E-state index contributed by atoms with van der Waals surface area (Å²) in [7, 11) is -2.23. The number of benzene rings is 1. The number of nitrogens with zero attached hydrogens (tertiary/aromatic N) is 1. The summed E-state index contributed by atoms with van der Waals surface area (Å²) >= 11 is 0. The van der Waals surface area contributed by atoms with Gasteiger partial charge in [0.2, 0.25) is 0 Å². The zero-order valence-electron chi connectivity index (χ0n) is 31.8. The molecule has 3 unspecified atom stereocenters. The highest BCUT2D eigenvalue weighted by atomic mass is 16.5. The number of esters is 1. The third-order valence-corrected chi connectivity index (χ3v) is 4.84. The summed E-state index contributed by atoms with van der Waals surface area (Å²) in [4.78, 5) is 13.3. The van der Waals surface area contributed by atoms with E-state index in [4.69, 9.17) is 35.0 Å². The van der Waals surface area contributed by atoms with Crippen molar-refractivity contribution in [2.45, 2.75) is 65.0 Å². The highest BCUT2D eigenvalue weighted by molar-refractivity contribution is 5.76. The maximum absolute atomic E-state index is 13.1. The fourth-order valence-electron chi connectivity index (χ4n) is 3.18. The van der Waals surface area contributed by atoms with Crippen molar-refractivity contribution in [2.75, 3.05) is 27.1 Å². The van der Waals surface area contributed by atoms with Crippen LogP contribution in [0.3, 0.4) is 0 Å². The molecule has 0 radical (unpaired) electrons. The van der Waals surface area contributed by atoms with Gasteiger partial charge in [0.15, 0.2) is 11.5 Å². The van der Waals surface area contributed by atoms with E-state index < -0.39 is 116 Å². The van der Waals surface area contributed by atoms with Crippen molar-refractivity contribution in [1.29, 1.82) is 0 Å². The van der Waals surface area contributed by atoms with Crippen LogP contribution in [0.1, 0.15) is 76.8 Å². The topological polar surface area (TPSA) is 74.0 Å². The molecular weight excluding hydrogens is 380 g/mol. The van der Waals surface area contributed by atoms with E-state index in [1.54, 1.807) is 27.7 Å². The fourth-order valence-corrected chi connectivity index (χ4v) is 3.18. The minimum Gasteiger partial charge on any atom is -0.493 e. The van der Waals surface area contributed by atoms with Gasteiger partial charge >= 0.3 is 5.97 Å². The number of carbonyl (C=O) groups is 1. The number of rotatable bonds is 7. The molecule has 2 heterocycles. The van der Waals surface area contributed by atoms with Crippen molar-refractivity contribution in [3.63, 3.8) is 0 Å². The van der Waals surface area contributed by atoms with Crippen LogP contribution in [0.2, 0.25) is 0 Å². The Kier molecular flexibility index (Phi) is 3.41. The lowest BCUT2D eigenvalue weighted by molar-refractivity contribution is -0.160. The number of nitrogens with two attached hydrogens (primary N) is 1. The number of hydrogen-bond acceptors (Lipinski definition) is 6. The Balaban J connectivity index is 2.54. The van der Waals surface area contributed by atoms with Crippen molar-refractivity contribution in [1.82, 2.24) is 4.90 Å². The van der Waals surface area contributed by atoms with Gasteiger partial charge in [0.05, 0.1) is 21.0 Å². The minimum absolute atomic E-state index is 0.200. The number of fused-ring (bicyclic) bond motifs is 3. The zero-order valence-corrected chi connectivity index (χ0v) is 17.8. The lowest BCUT2D eigenvalue weighted by Crippen LogP contribution is -2.51. The summed E-state index contributed by atoms with van der Waals surface area (Å²) in [6.07, 6.45) is -9.30. The van der Waals surface area contributed by atoms with E-state index in [0.29, 0.717) is 0 Å². The van der Waals surface area contributed by atoms with Gasteiger partial charge in [0.25, 0.3) is 0 Å². The molecule has 30 heavy (non-hydrogen) atoms. The van der Waals surface area contributed by atoms with Crippen LogP contribution in [0.4, 0.5) is 0 Å². The third-order valence-electron chi connectivity index (χ3n) is 4.84. The van der Waals surface area contributed by atoms with E-state index in [2.05, 4.69) is 0 Å². The SMILES string of the molecule is [2H]c1c(OC)c(OC([2H])([2H])[2H])c([2H])c2c1C1N(C([2H])([2H])C2([2H])[2H])C([2H])([2H])C([2H])(CC(C)C)C(OC(=O)[C@@H](N)C(C)C)C1([2H])[2H]. The molecule has 0 aliphatic carbocycles. The molecule has 0 aromatic heterocycles. The first-order valence-electron chi connectivity index (χ1n) is 16.8. The van der Waals surface area contributed by atoms with Crippen LogP contribution in [0, 0.1) is 17.7 Å². The van der Waals surface area contributed by atoms with Crippen LogP contribution in [0.15, 0.2) is 12.1 Å². The van der Waals surface area contributed by atoms with E-state index in [1.807, 2.05) is 0 Å². The molecule has 168 valence electrons. The molecule has 0 spiro atoms. The quantitative estimate of drug-likeness (QED) is 0.664. The third kappa shape index (κ3) is 4.75. The lowest BCUT2D eigenvalue weighted by Gasteiger charge is -2.47. The van der Waals surface area contributed by atoms with E-state index in [9.17, 15) is 8.91 Å². The van der Waals surface area contributed by atoms with Crippen LogP contribution in [-0.2, 0) is 15.9 Å². The smallest absolute Gasteiger partial charge is 0.323 e. The van der Waals surface area contributed by atoms with Gasteiger partial charge in [-0.1, -0.05) is 27.7 Å². The molecule has 3 rings (SSSR count). The molecule has 6 nitrogen and oxygen atoms in total. The number of piperidine rings is 1. The second kappa shape index (κ2) is 9.56. The van der Waals surface area contributed by atoms with Gasteiger partial charge in [-0.05, 0) is 47.8 Å². The van der Waals surface area contributed by atoms with Gasteiger partial charge in [0, 0.05) is 43.6 Å². The van der Waals surface area contributed by atoms with Crippen LogP contribution in [0.25, 0.3) is 0 Å². The van der Waals surface area contributed by atoms with Crippen molar-refractivity contribution in [3.05, 3.63) is 23.2 Å². The predicted octanol–water partition coefficient (Wildman–Crippen LogP) is 3.56. The molecule has 1 fully saturated rings. The average Bonchev–Trinajstić information content (AvgIpc) is 2.83. The van der Waals surface area contributed by atoms with Crippen LogP contribution >= 0.6 is 0 Å². The zero-order chi connectivity index (χ0) is 34.3. The second-order valence-corrected chi connectivity index (χ2v) is 8.00. The van der Waals surface area contributed by atoms with Crippen LogP contribution < -0.4 is 15.2 Å². The molecule has 0 saturated carbocycles. The molecule has 6 heteroatoms. The summed E-state index contributed by atoms with van der Waals surface area (Å²) in [5.41, 5.74) is 4.23. The van der Waals surface area contributed by atoms with Gasteiger partial charge in [-0.15, -0.1) is 0 Å². The largest absolute Gasteiger partial charge is 0.493 e. The van der Waals surface area contributed by atoms with Crippen LogP contribution in [0.5, 0.6) is 11.5 Å². The molecule has 1 saturated heterocycles. The Morgan fingerprint density at radius 2 is 2.10 bits per heavy atom. The Morgan fingerprint density at radius 1 is 1.37 bits per heavy atom. The molecule has 1 aromatic carbocycles. The minimum atomic E-state index is -3.53. The number of hydrogen-bond donors (Lipinski definition) is 1. The summed E-state index contributed by atoms with van der Waals surface area (Å²) in [5.74, 6) is -6.59. The van der Waals surface area contributed by atoms with E-state index in [-0.39, 0.29) is 4.90 Å². The molecular formula is C24H38N2O4. The summed E-state index contributed by atoms with van der Waals surface area (Å²) in [6, 6.07) is -5.56. The average molecular weight is 433 g/mol. The van der Waals surface area contributed by atoms with Gasteiger partial charge in [-0.25, -0.2) is 0 Å². The molecule has 2 N–H and O–H groups in total. The predicted molar refractivity (Wildman–Crippen MR) is 118 cm³/mol. The first kappa shape index (κ1) is 10.7. The number of carbonyl (C=O) groups excluding carboxylic acids is 1. The highest BCUT2D eigenvalue weighted by Crippen LogP contribution is 2.44. The van der Waals surface area contributed by atoms with Gasteiger partial charge in [0.1, 0.15) is 12.1 Å². The van der Waals surface area contributed by atoms with E-state index >= 15 is 0 Å². The highest BCUT2D eigenvalue weighted by Gasteiger charge is 2.41. The van der Waals surface area contributed by atoms with Crippen molar-refractivity contribution in [3.8, 4) is 11.5 Å². The van der Waals surface area contributed by atoms with Crippen molar-refractivity contribution in [2.24, 2.45) is 23.5 Å². The fraction of sp³-hybridized carbons (Fsp3) is 0.708. The lowest BCUT2D eigenvalue weighted by atomic mass is 9.79. The van der Waals surface area contributed by atoms with Crippen LogP contribution in [-0.4, -0.2) is 50.2 Å². The number of methoxy groups -OCH3 is 2. The molecule has 0 bridgehead atoms. The first-order chi connectivity index (χ1) is 19.6. The summed E-state index contributed by atoms with van der Waals surface area (Å²) in [6.45, 7) is -0.444. The standard InChI is InChI=1S/C24H38N2O4/c1-14(2)9-17-13-26-8-7-16-10-21(28-5)22(29-6)11-18(16)19(26)12-20(17)30-24(27)23(25)15(3)4/h10-11,14-15,17,19-20,23H,7-9,12-13,25H2,1-6H3/t17?,19?,20?,23-/m0/s1/i5D3,7D2,8D2,10D,11D,12D2,13D2,17D. The Hall–Kier alpha value is -1.79. The molecule has 1 aromatic rings. The maximum atomic E-state index is 13.1. The molecule has 4 atom stereocenters. The molecule has 2 aliphatic rings. The Morgan fingerprint density at radius 3 is 2.73 bits per heavy atom. The molecule has 2 aliphatic heterocycles. The monoisotopic (exact) mass is 432 g/mol. The van der Waals surface area contributed by atoms with Crippen molar-refractivity contribution < 1.29 is 38.2 Å². The normalized spacial score (nSPS) is 41.3. The maximum Gasteiger partial charge on any atom is 0.323 e. The van der Waals surface area contributed by atoms with Crippen molar-refractivity contribution >= 4 is 5.97 Å². The molecule has 0 amide bonds. The summed E-state index contributed by atoms with van der Waals surface area (Å²) < 4.78 is 137. The van der Waals surface area contributed by atoms with Gasteiger partial charge in [-0.2, -0.15) is 0 Å². The van der Waals surface area contributed by atoms with Gasteiger partial charge < -0.3 is 19.9 Å². The second-order valence-electron chi connectivity index (χ2n) is 8.00.